The minimum absolute atomic E-state index is 1.18. The number of aromatic amines is 1. The molecule has 3 heteroatoms. The Labute approximate surface area is 251 Å². The van der Waals surface area contributed by atoms with Gasteiger partial charge in [0, 0.05) is 58.4 Å². The Balaban J connectivity index is 1.34. The second-order valence-corrected chi connectivity index (χ2v) is 12.5. The minimum Gasteiger partial charge on any atom is -0.354 e. The number of thiophene rings is 1. The molecule has 3 heterocycles. The largest absolute Gasteiger partial charge is 0.354 e. The van der Waals surface area contributed by atoms with Crippen molar-refractivity contribution in [2.45, 2.75) is 0 Å². The Hall–Kier alpha value is -5.38. The zero-order valence-electron chi connectivity index (χ0n) is 23.1. The number of H-pyrrole nitrogens is 1. The van der Waals surface area contributed by atoms with Gasteiger partial charge in [0.05, 0.1) is 11.0 Å². The average molecular weight is 565 g/mol. The highest BCUT2D eigenvalue weighted by Crippen LogP contribution is 2.45. The number of hydrogen-bond acceptors (Lipinski definition) is 1. The van der Waals surface area contributed by atoms with Crippen LogP contribution in [-0.4, -0.2) is 9.55 Å². The van der Waals surface area contributed by atoms with E-state index < -0.39 is 0 Å². The van der Waals surface area contributed by atoms with Crippen molar-refractivity contribution in [2.24, 2.45) is 0 Å². The Morgan fingerprint density at radius 1 is 0.465 bits per heavy atom. The molecule has 10 rings (SSSR count). The van der Waals surface area contributed by atoms with E-state index in [9.17, 15) is 0 Å². The predicted molar refractivity (Wildman–Crippen MR) is 186 cm³/mol. The van der Waals surface area contributed by atoms with Crippen molar-refractivity contribution in [1.29, 1.82) is 0 Å². The van der Waals surface area contributed by atoms with Crippen molar-refractivity contribution in [3.63, 3.8) is 0 Å². The topological polar surface area (TPSA) is 20.7 Å². The van der Waals surface area contributed by atoms with Crippen molar-refractivity contribution in [3.8, 4) is 16.8 Å². The van der Waals surface area contributed by atoms with E-state index in [0.717, 1.165) is 0 Å². The number of hydrogen-bond donors (Lipinski definition) is 1. The number of rotatable bonds is 2. The van der Waals surface area contributed by atoms with Crippen LogP contribution in [0.5, 0.6) is 0 Å². The number of benzene rings is 7. The van der Waals surface area contributed by atoms with Crippen molar-refractivity contribution in [3.05, 3.63) is 140 Å². The molecular formula is C40H24N2S. The van der Waals surface area contributed by atoms with Crippen LogP contribution in [0.15, 0.2) is 140 Å². The molecule has 0 aliphatic carbocycles. The van der Waals surface area contributed by atoms with Gasteiger partial charge in [-0.2, -0.15) is 0 Å². The lowest BCUT2D eigenvalue weighted by atomic mass is 9.97. The second kappa shape index (κ2) is 8.57. The second-order valence-electron chi connectivity index (χ2n) is 11.4. The summed E-state index contributed by atoms with van der Waals surface area (Å²) >= 11 is 1.89. The maximum absolute atomic E-state index is 3.65. The van der Waals surface area contributed by atoms with Gasteiger partial charge in [-0.3, -0.25) is 0 Å². The first-order chi connectivity index (χ1) is 21.3. The molecule has 0 atom stereocenters. The van der Waals surface area contributed by atoms with Gasteiger partial charge in [-0.1, -0.05) is 91.0 Å². The van der Waals surface area contributed by atoms with Gasteiger partial charge in [-0.05, 0) is 70.4 Å². The first kappa shape index (κ1) is 23.2. The van der Waals surface area contributed by atoms with Crippen LogP contribution in [-0.2, 0) is 0 Å². The summed E-state index contributed by atoms with van der Waals surface area (Å²) in [5, 5.41) is 10.4. The van der Waals surface area contributed by atoms with Crippen LogP contribution in [0.4, 0.5) is 0 Å². The SMILES string of the molecule is c1ccc(-c2cc(-n3c4ccccc4c4cc5c(cc43)sc3ccc4[nH]c6ccccc6c4c35)cc3ccccc23)cc1. The number of nitrogens with one attached hydrogen (secondary N) is 1. The fraction of sp³-hybridized carbons (Fsp3) is 0. The van der Waals surface area contributed by atoms with E-state index >= 15 is 0 Å². The van der Waals surface area contributed by atoms with Crippen LogP contribution < -0.4 is 0 Å². The van der Waals surface area contributed by atoms with E-state index in [1.807, 2.05) is 11.3 Å². The summed E-state index contributed by atoms with van der Waals surface area (Å²) in [4.78, 5) is 3.65. The molecule has 0 aliphatic rings. The molecule has 0 fully saturated rings. The molecule has 43 heavy (non-hydrogen) atoms. The van der Waals surface area contributed by atoms with Gasteiger partial charge in [-0.15, -0.1) is 11.3 Å². The third-order valence-corrected chi connectivity index (χ3v) is 10.2. The van der Waals surface area contributed by atoms with E-state index in [4.69, 9.17) is 0 Å². The highest BCUT2D eigenvalue weighted by Gasteiger charge is 2.19. The maximum Gasteiger partial charge on any atom is 0.0555 e. The summed E-state index contributed by atoms with van der Waals surface area (Å²) in [5.74, 6) is 0. The summed E-state index contributed by atoms with van der Waals surface area (Å²) < 4.78 is 5.11. The van der Waals surface area contributed by atoms with Gasteiger partial charge >= 0.3 is 0 Å². The van der Waals surface area contributed by atoms with Crippen LogP contribution in [0.3, 0.4) is 0 Å². The standard InChI is InChI=1S/C40H24N2S/c1-2-10-24(11-3-1)30-21-26(20-25-12-4-5-13-27(25)30)42-35-17-9-7-14-28(35)31-22-32-38(23-36(31)42)43-37-19-18-34-39(40(32)37)29-15-6-8-16-33(29)41-34/h1-23,41H. The van der Waals surface area contributed by atoms with E-state index in [1.165, 1.54) is 91.4 Å². The molecule has 1 N–H and O–H groups in total. The van der Waals surface area contributed by atoms with Crippen molar-refractivity contribution >= 4 is 85.9 Å². The van der Waals surface area contributed by atoms with Crippen LogP contribution >= 0.6 is 11.3 Å². The molecular weight excluding hydrogens is 541 g/mol. The molecule has 10 aromatic rings. The molecule has 0 saturated heterocycles. The smallest absolute Gasteiger partial charge is 0.0555 e. The normalized spacial score (nSPS) is 12.2. The molecule has 0 amide bonds. The number of para-hydroxylation sites is 2. The Bertz CT molecular complexity index is 2720. The van der Waals surface area contributed by atoms with Gasteiger partial charge < -0.3 is 9.55 Å². The molecule has 2 nitrogen and oxygen atoms in total. The van der Waals surface area contributed by atoms with Crippen LogP contribution in [0.25, 0.3) is 91.4 Å². The van der Waals surface area contributed by atoms with Crippen LogP contribution in [0.1, 0.15) is 0 Å². The quantitative estimate of drug-likeness (QED) is 0.216. The fourth-order valence-electron chi connectivity index (χ4n) is 7.23. The summed E-state index contributed by atoms with van der Waals surface area (Å²) in [6.07, 6.45) is 0. The van der Waals surface area contributed by atoms with Gasteiger partial charge in [0.15, 0.2) is 0 Å². The molecule has 200 valence electrons. The highest BCUT2D eigenvalue weighted by molar-refractivity contribution is 7.26. The van der Waals surface area contributed by atoms with Crippen LogP contribution in [0, 0.1) is 0 Å². The molecule has 3 aromatic heterocycles. The third kappa shape index (κ3) is 3.23. The van der Waals surface area contributed by atoms with E-state index in [-0.39, 0.29) is 0 Å². The number of fused-ring (bicyclic) bond motifs is 11. The van der Waals surface area contributed by atoms with Crippen molar-refractivity contribution < 1.29 is 0 Å². The van der Waals surface area contributed by atoms with Crippen molar-refractivity contribution in [1.82, 2.24) is 9.55 Å². The monoisotopic (exact) mass is 564 g/mol. The Morgan fingerprint density at radius 3 is 2.14 bits per heavy atom. The number of aromatic nitrogens is 2. The Morgan fingerprint density at radius 2 is 1.23 bits per heavy atom. The van der Waals surface area contributed by atoms with Gasteiger partial charge in [0.2, 0.25) is 0 Å². The molecule has 0 spiro atoms. The van der Waals surface area contributed by atoms with E-state index in [0.29, 0.717) is 0 Å². The lowest BCUT2D eigenvalue weighted by molar-refractivity contribution is 1.19. The lowest BCUT2D eigenvalue weighted by Gasteiger charge is -2.14. The first-order valence-electron chi connectivity index (χ1n) is 14.7. The molecule has 7 aromatic carbocycles. The molecule has 0 saturated carbocycles. The van der Waals surface area contributed by atoms with E-state index in [1.54, 1.807) is 0 Å². The Kier molecular flexibility index (Phi) is 4.63. The number of nitrogens with zero attached hydrogens (tertiary/aromatic N) is 1. The molecule has 0 unspecified atom stereocenters. The molecule has 0 aliphatic heterocycles. The summed E-state index contributed by atoms with van der Waals surface area (Å²) in [6.45, 7) is 0. The van der Waals surface area contributed by atoms with Gasteiger partial charge in [0.25, 0.3) is 0 Å². The minimum atomic E-state index is 1.18. The summed E-state index contributed by atoms with van der Waals surface area (Å²) in [7, 11) is 0. The van der Waals surface area contributed by atoms with Crippen LogP contribution in [0.2, 0.25) is 0 Å². The zero-order chi connectivity index (χ0) is 28.1. The van der Waals surface area contributed by atoms with E-state index in [2.05, 4.69) is 149 Å². The maximum atomic E-state index is 3.65. The van der Waals surface area contributed by atoms with Gasteiger partial charge in [-0.25, -0.2) is 0 Å². The third-order valence-electron chi connectivity index (χ3n) is 9.09. The lowest BCUT2D eigenvalue weighted by Crippen LogP contribution is -1.95. The first-order valence-corrected chi connectivity index (χ1v) is 15.5. The van der Waals surface area contributed by atoms with Crippen molar-refractivity contribution in [2.75, 3.05) is 0 Å². The summed E-state index contributed by atoms with van der Waals surface area (Å²) in [5.41, 5.74) is 8.52. The van der Waals surface area contributed by atoms with Gasteiger partial charge in [0.1, 0.15) is 0 Å². The zero-order valence-corrected chi connectivity index (χ0v) is 24.0. The summed E-state index contributed by atoms with van der Waals surface area (Å²) in [6, 6.07) is 51.1. The molecule has 0 radical (unpaired) electrons. The molecule has 0 bridgehead atoms. The highest BCUT2D eigenvalue weighted by atomic mass is 32.1. The average Bonchev–Trinajstić information content (AvgIpc) is 3.72. The fourth-order valence-corrected chi connectivity index (χ4v) is 8.36. The predicted octanol–water partition coefficient (Wildman–Crippen LogP) is 11.6.